The molecule has 0 saturated carbocycles. The minimum absolute atomic E-state index is 0.113. The number of hydrogen-bond donors (Lipinski definition) is 0. The number of nitrogens with zero attached hydrogens (tertiary/aromatic N) is 6. The summed E-state index contributed by atoms with van der Waals surface area (Å²) in [5.74, 6) is 2.12. The van der Waals surface area contributed by atoms with Gasteiger partial charge in [0.1, 0.15) is 11.5 Å². The molecule has 0 atom stereocenters. The highest BCUT2D eigenvalue weighted by Gasteiger charge is 2.22. The first kappa shape index (κ1) is 19.4. The second kappa shape index (κ2) is 9.05. The number of piperazine rings is 1. The predicted molar refractivity (Wildman–Crippen MR) is 101 cm³/mol. The Morgan fingerprint density at radius 2 is 1.96 bits per heavy atom. The largest absolute Gasteiger partial charge is 0.497 e. The maximum atomic E-state index is 12.4. The normalized spacial score (nSPS) is 15.0. The van der Waals surface area contributed by atoms with Crippen molar-refractivity contribution in [3.8, 4) is 11.5 Å². The molecule has 10 heteroatoms. The van der Waals surface area contributed by atoms with Crippen molar-refractivity contribution in [2.45, 2.75) is 11.7 Å². The minimum atomic E-state index is 0.113. The molecule has 1 fully saturated rings. The summed E-state index contributed by atoms with van der Waals surface area (Å²) in [5, 5.41) is 11.9. The maximum Gasteiger partial charge on any atom is 0.233 e. The van der Waals surface area contributed by atoms with Crippen molar-refractivity contribution in [1.82, 2.24) is 30.0 Å². The number of benzene rings is 1. The Bertz CT molecular complexity index is 776. The summed E-state index contributed by atoms with van der Waals surface area (Å²) in [6.07, 6.45) is 0. The highest BCUT2D eigenvalue weighted by Crippen LogP contribution is 2.25. The number of rotatable bonds is 7. The topological polar surface area (TPSA) is 85.6 Å². The van der Waals surface area contributed by atoms with Gasteiger partial charge in [0.05, 0.1) is 20.0 Å². The Labute approximate surface area is 162 Å². The summed E-state index contributed by atoms with van der Waals surface area (Å²) < 4.78 is 12.3. The van der Waals surface area contributed by atoms with E-state index >= 15 is 0 Å². The Morgan fingerprint density at radius 1 is 1.19 bits per heavy atom. The average Bonchev–Trinajstić information content (AvgIpc) is 3.11. The third-order valence-corrected chi connectivity index (χ3v) is 5.51. The lowest BCUT2D eigenvalue weighted by Gasteiger charge is -2.35. The number of hydrogen-bond acceptors (Lipinski definition) is 8. The van der Waals surface area contributed by atoms with Gasteiger partial charge in [0.15, 0.2) is 0 Å². The zero-order valence-corrected chi connectivity index (χ0v) is 16.6. The molecule has 0 spiro atoms. The Morgan fingerprint density at radius 3 is 2.59 bits per heavy atom. The summed E-state index contributed by atoms with van der Waals surface area (Å²) in [6.45, 7) is 3.83. The molecule has 9 nitrogen and oxygen atoms in total. The molecule has 0 bridgehead atoms. The van der Waals surface area contributed by atoms with Crippen molar-refractivity contribution in [2.24, 2.45) is 7.05 Å². The van der Waals surface area contributed by atoms with Gasteiger partial charge in [-0.15, -0.1) is 5.10 Å². The van der Waals surface area contributed by atoms with Gasteiger partial charge in [0, 0.05) is 45.3 Å². The first-order chi connectivity index (χ1) is 13.1. The molecular formula is C17H24N6O3S. The Hall–Kier alpha value is -2.33. The molecule has 0 N–H and O–H groups in total. The molecule has 1 aliphatic rings. The summed E-state index contributed by atoms with van der Waals surface area (Å²) in [4.78, 5) is 16.6. The van der Waals surface area contributed by atoms with Crippen LogP contribution in [0.15, 0.2) is 23.4 Å². The van der Waals surface area contributed by atoms with Crippen LogP contribution in [0.4, 0.5) is 0 Å². The number of carbonyl (C=O) groups excluding carboxylic acids is 1. The quantitative estimate of drug-likeness (QED) is 0.636. The first-order valence-electron chi connectivity index (χ1n) is 8.67. The molecule has 3 rings (SSSR count). The fourth-order valence-electron chi connectivity index (χ4n) is 2.96. The number of methoxy groups -OCH3 is 2. The first-order valence-corrected chi connectivity index (χ1v) is 9.65. The fourth-order valence-corrected chi connectivity index (χ4v) is 3.72. The van der Waals surface area contributed by atoms with Crippen LogP contribution < -0.4 is 9.47 Å². The molecule has 0 aliphatic carbocycles. The lowest BCUT2D eigenvalue weighted by atomic mass is 10.1. The van der Waals surface area contributed by atoms with E-state index in [1.54, 1.807) is 25.9 Å². The standard InChI is InChI=1S/C17H24N6O3S/c1-21-17(18-19-20-21)27-12-16(24)23-8-6-22(7-9-23)11-13-10-14(25-2)4-5-15(13)26-3/h4-5,10H,6-9,11-12H2,1-3H3. The molecule has 2 heterocycles. The molecule has 1 aromatic heterocycles. The summed E-state index contributed by atoms with van der Waals surface area (Å²) in [6, 6.07) is 5.82. The van der Waals surface area contributed by atoms with Crippen molar-refractivity contribution in [3.05, 3.63) is 23.8 Å². The summed E-state index contributed by atoms with van der Waals surface area (Å²) >= 11 is 1.36. The van der Waals surface area contributed by atoms with E-state index in [9.17, 15) is 4.79 Å². The van der Waals surface area contributed by atoms with Crippen LogP contribution in [0.1, 0.15) is 5.56 Å². The van der Waals surface area contributed by atoms with E-state index in [1.165, 1.54) is 11.8 Å². The molecule has 1 aliphatic heterocycles. The number of aryl methyl sites for hydroxylation is 1. The minimum Gasteiger partial charge on any atom is -0.497 e. The highest BCUT2D eigenvalue weighted by molar-refractivity contribution is 7.99. The van der Waals surface area contributed by atoms with Crippen LogP contribution >= 0.6 is 11.8 Å². The van der Waals surface area contributed by atoms with Crippen LogP contribution in [0, 0.1) is 0 Å². The van der Waals surface area contributed by atoms with E-state index in [0.717, 1.165) is 36.7 Å². The Balaban J connectivity index is 1.50. The van der Waals surface area contributed by atoms with Crippen LogP contribution in [0.25, 0.3) is 0 Å². The number of carbonyl (C=O) groups is 1. The molecule has 27 heavy (non-hydrogen) atoms. The zero-order valence-electron chi connectivity index (χ0n) is 15.8. The van der Waals surface area contributed by atoms with Crippen molar-refractivity contribution in [1.29, 1.82) is 0 Å². The van der Waals surface area contributed by atoms with Crippen LogP contribution in [0.3, 0.4) is 0 Å². The number of aromatic nitrogens is 4. The maximum absolute atomic E-state index is 12.4. The second-order valence-corrected chi connectivity index (χ2v) is 7.15. The number of ether oxygens (including phenoxy) is 2. The molecule has 1 saturated heterocycles. The molecular weight excluding hydrogens is 368 g/mol. The van der Waals surface area contributed by atoms with Crippen LogP contribution in [-0.2, 0) is 18.4 Å². The van der Waals surface area contributed by atoms with Crippen LogP contribution in [0.2, 0.25) is 0 Å². The smallest absolute Gasteiger partial charge is 0.233 e. The molecule has 0 radical (unpaired) electrons. The molecule has 1 aromatic carbocycles. The number of amides is 1. The summed E-state index contributed by atoms with van der Waals surface area (Å²) in [7, 11) is 5.09. The van der Waals surface area contributed by atoms with Gasteiger partial charge in [-0.2, -0.15) is 0 Å². The monoisotopic (exact) mass is 392 g/mol. The second-order valence-electron chi connectivity index (χ2n) is 6.21. The van der Waals surface area contributed by atoms with E-state index in [4.69, 9.17) is 9.47 Å². The van der Waals surface area contributed by atoms with Crippen LogP contribution in [0.5, 0.6) is 11.5 Å². The van der Waals surface area contributed by atoms with Crippen molar-refractivity contribution >= 4 is 17.7 Å². The van der Waals surface area contributed by atoms with Gasteiger partial charge >= 0.3 is 0 Å². The third kappa shape index (κ3) is 4.89. The van der Waals surface area contributed by atoms with E-state index in [1.807, 2.05) is 23.1 Å². The summed E-state index contributed by atoms with van der Waals surface area (Å²) in [5.41, 5.74) is 1.09. The van der Waals surface area contributed by atoms with E-state index in [2.05, 4.69) is 20.4 Å². The van der Waals surface area contributed by atoms with Gasteiger partial charge in [-0.3, -0.25) is 9.69 Å². The van der Waals surface area contributed by atoms with Gasteiger partial charge in [0.25, 0.3) is 0 Å². The average molecular weight is 392 g/mol. The Kier molecular flexibility index (Phi) is 6.51. The number of tetrazole rings is 1. The van der Waals surface area contributed by atoms with E-state index in [-0.39, 0.29) is 5.91 Å². The molecule has 1 amide bonds. The van der Waals surface area contributed by atoms with Gasteiger partial charge in [-0.1, -0.05) is 11.8 Å². The predicted octanol–water partition coefficient (Wildman–Crippen LogP) is 0.664. The third-order valence-electron chi connectivity index (χ3n) is 4.51. The van der Waals surface area contributed by atoms with Crippen molar-refractivity contribution < 1.29 is 14.3 Å². The van der Waals surface area contributed by atoms with Gasteiger partial charge in [0.2, 0.25) is 11.1 Å². The van der Waals surface area contributed by atoms with Gasteiger partial charge < -0.3 is 14.4 Å². The highest BCUT2D eigenvalue weighted by atomic mass is 32.2. The van der Waals surface area contributed by atoms with E-state index in [0.29, 0.717) is 24.0 Å². The van der Waals surface area contributed by atoms with E-state index < -0.39 is 0 Å². The van der Waals surface area contributed by atoms with Crippen LogP contribution in [-0.4, -0.2) is 82.1 Å². The molecule has 2 aromatic rings. The van der Waals surface area contributed by atoms with Crippen molar-refractivity contribution in [2.75, 3.05) is 46.2 Å². The molecule has 0 unspecified atom stereocenters. The van der Waals surface area contributed by atoms with Gasteiger partial charge in [-0.25, -0.2) is 4.68 Å². The zero-order chi connectivity index (χ0) is 19.2. The van der Waals surface area contributed by atoms with Crippen molar-refractivity contribution in [3.63, 3.8) is 0 Å². The lowest BCUT2D eigenvalue weighted by molar-refractivity contribution is -0.130. The lowest BCUT2D eigenvalue weighted by Crippen LogP contribution is -2.48. The fraction of sp³-hybridized carbons (Fsp3) is 0.529. The SMILES string of the molecule is COc1ccc(OC)c(CN2CCN(C(=O)CSc3nnnn3C)CC2)c1. The molecule has 146 valence electrons. The number of thioether (sulfide) groups is 1. The van der Waals surface area contributed by atoms with Gasteiger partial charge in [-0.05, 0) is 28.6 Å².